The van der Waals surface area contributed by atoms with Crippen molar-refractivity contribution in [2.45, 2.75) is 0 Å². The van der Waals surface area contributed by atoms with Gasteiger partial charge in [0.15, 0.2) is 11.5 Å². The molecule has 8 nitrogen and oxygen atoms in total. The van der Waals surface area contributed by atoms with Gasteiger partial charge in [-0.25, -0.2) is 19.5 Å². The van der Waals surface area contributed by atoms with Crippen LogP contribution in [-0.4, -0.2) is 26.6 Å². The Bertz CT molecular complexity index is 618. The van der Waals surface area contributed by atoms with Crippen LogP contribution >= 0.6 is 15.9 Å². The first-order valence-electron chi connectivity index (χ1n) is 4.82. The summed E-state index contributed by atoms with van der Waals surface area (Å²) in [5, 5.41) is 24.6. The maximum Gasteiger partial charge on any atom is 0.225 e. The summed E-state index contributed by atoms with van der Waals surface area (Å²) in [5.41, 5.74) is 3.80. The number of aliphatic imine (C=N–C) groups is 1. The fourth-order valence-corrected chi connectivity index (χ4v) is 1.60. The van der Waals surface area contributed by atoms with Crippen LogP contribution < -0.4 is 11.0 Å². The van der Waals surface area contributed by atoms with Crippen LogP contribution in [0.5, 0.6) is 0 Å². The number of hydrogen-bond donors (Lipinski definition) is 4. The molecule has 0 aliphatic rings. The van der Waals surface area contributed by atoms with Gasteiger partial charge in [-0.3, -0.25) is 15.9 Å². The van der Waals surface area contributed by atoms with E-state index in [9.17, 15) is 4.39 Å². The minimum atomic E-state index is -0.446. The molecule has 0 aliphatic heterocycles. The second-order valence-electron chi connectivity index (χ2n) is 3.24. The second kappa shape index (κ2) is 5.73. The normalized spacial score (nSPS) is 11.5. The van der Waals surface area contributed by atoms with E-state index in [1.807, 2.05) is 0 Å². The molecule has 0 bridgehead atoms. The first-order chi connectivity index (χ1) is 9.15. The number of aromatic nitrogens is 2. The van der Waals surface area contributed by atoms with Crippen LogP contribution in [0.25, 0.3) is 0 Å². The maximum absolute atomic E-state index is 13.1. The van der Waals surface area contributed by atoms with Gasteiger partial charge in [-0.1, -0.05) is 0 Å². The molecule has 1 heterocycles. The number of halogens is 2. The van der Waals surface area contributed by atoms with Crippen molar-refractivity contribution in [3.05, 3.63) is 34.2 Å². The van der Waals surface area contributed by atoms with E-state index in [2.05, 4.69) is 35.9 Å². The molecule has 0 radical (unpaired) electrons. The lowest BCUT2D eigenvalue weighted by atomic mass is 10.3. The van der Waals surface area contributed by atoms with Crippen molar-refractivity contribution < 1.29 is 19.4 Å². The Labute approximate surface area is 114 Å². The summed E-state index contributed by atoms with van der Waals surface area (Å²) >= 11 is 3.01. The van der Waals surface area contributed by atoms with Crippen LogP contribution in [0.2, 0.25) is 0 Å². The Balaban J connectivity index is 2.41. The van der Waals surface area contributed by atoms with Gasteiger partial charge in [-0.2, -0.15) is 0 Å². The predicted octanol–water partition coefficient (Wildman–Crippen LogP) is 1.83. The van der Waals surface area contributed by atoms with Crippen molar-refractivity contribution in [1.29, 1.82) is 0 Å². The Kier molecular flexibility index (Phi) is 4.04. The van der Waals surface area contributed by atoms with E-state index in [1.54, 1.807) is 11.0 Å². The molecule has 2 rings (SSSR count). The third-order valence-electron chi connectivity index (χ3n) is 2.07. The molecule has 1 aromatic heterocycles. The lowest BCUT2D eigenvalue weighted by Crippen LogP contribution is -2.21. The molecule has 0 atom stereocenters. The molecule has 0 spiro atoms. The van der Waals surface area contributed by atoms with Gasteiger partial charge in [0, 0.05) is 0 Å². The van der Waals surface area contributed by atoms with Crippen LogP contribution in [-0.2, 0) is 0 Å². The van der Waals surface area contributed by atoms with Crippen molar-refractivity contribution in [2.24, 2.45) is 4.99 Å². The van der Waals surface area contributed by atoms with Gasteiger partial charge < -0.3 is 0 Å². The highest BCUT2D eigenvalue weighted by molar-refractivity contribution is 9.10. The summed E-state index contributed by atoms with van der Waals surface area (Å²) in [6, 6.07) is 3.98. The third kappa shape index (κ3) is 2.86. The van der Waals surface area contributed by atoms with Gasteiger partial charge in [-0.15, -0.1) is 0 Å². The monoisotopic (exact) mass is 331 g/mol. The lowest BCUT2D eigenvalue weighted by Gasteiger charge is -2.02. The van der Waals surface area contributed by atoms with Crippen LogP contribution in [0.4, 0.5) is 15.9 Å². The van der Waals surface area contributed by atoms with E-state index in [0.717, 1.165) is 0 Å². The SMILES string of the molecule is ONC(=Nc1ccc(F)c(Br)c1)c1nonc1NO. The van der Waals surface area contributed by atoms with E-state index < -0.39 is 5.82 Å². The molecule has 0 aliphatic carbocycles. The van der Waals surface area contributed by atoms with Gasteiger partial charge in [0.25, 0.3) is 0 Å². The Morgan fingerprint density at radius 3 is 2.79 bits per heavy atom. The quantitative estimate of drug-likeness (QED) is 0.385. The minimum Gasteiger partial charge on any atom is -0.290 e. The van der Waals surface area contributed by atoms with Gasteiger partial charge >= 0.3 is 0 Å². The van der Waals surface area contributed by atoms with Crippen LogP contribution in [0.1, 0.15) is 5.69 Å². The summed E-state index contributed by atoms with van der Waals surface area (Å²) in [6.45, 7) is 0. The Morgan fingerprint density at radius 1 is 1.37 bits per heavy atom. The van der Waals surface area contributed by atoms with Crippen molar-refractivity contribution in [2.75, 3.05) is 5.48 Å². The zero-order valence-electron chi connectivity index (χ0n) is 9.13. The highest BCUT2D eigenvalue weighted by atomic mass is 79.9. The topological polar surface area (TPSA) is 116 Å². The summed E-state index contributed by atoms with van der Waals surface area (Å²) in [6.07, 6.45) is 0. The molecule has 19 heavy (non-hydrogen) atoms. The van der Waals surface area contributed by atoms with Gasteiger partial charge in [0.1, 0.15) is 5.82 Å². The second-order valence-corrected chi connectivity index (χ2v) is 4.10. The minimum absolute atomic E-state index is 0.0505. The molecular weight excluding hydrogens is 325 g/mol. The number of rotatable bonds is 3. The lowest BCUT2D eigenvalue weighted by molar-refractivity contribution is 0.234. The number of anilines is 1. The molecule has 0 saturated carbocycles. The predicted molar refractivity (Wildman–Crippen MR) is 64.9 cm³/mol. The number of nitrogens with zero attached hydrogens (tertiary/aromatic N) is 3. The first kappa shape index (κ1) is 13.4. The maximum atomic E-state index is 13.1. The molecular formula is C9H7BrFN5O3. The van der Waals surface area contributed by atoms with Crippen LogP contribution in [0, 0.1) is 5.82 Å². The fraction of sp³-hybridized carbons (Fsp3) is 0. The fourth-order valence-electron chi connectivity index (χ4n) is 1.23. The number of amidine groups is 1. The van der Waals surface area contributed by atoms with E-state index in [-0.39, 0.29) is 21.8 Å². The molecule has 0 unspecified atom stereocenters. The molecule has 1 aromatic carbocycles. The highest BCUT2D eigenvalue weighted by Gasteiger charge is 2.16. The van der Waals surface area contributed by atoms with E-state index in [4.69, 9.17) is 10.4 Å². The zero-order valence-corrected chi connectivity index (χ0v) is 10.7. The van der Waals surface area contributed by atoms with Gasteiger partial charge in [-0.05, 0) is 44.4 Å². The molecule has 2 aromatic rings. The summed E-state index contributed by atoms with van der Waals surface area (Å²) in [7, 11) is 0. The molecule has 100 valence electrons. The first-order valence-corrected chi connectivity index (χ1v) is 5.62. The average molecular weight is 332 g/mol. The smallest absolute Gasteiger partial charge is 0.225 e. The number of hydrogen-bond acceptors (Lipinski definition) is 7. The van der Waals surface area contributed by atoms with Crippen molar-refractivity contribution in [3.63, 3.8) is 0 Å². The summed E-state index contributed by atoms with van der Waals surface area (Å²) < 4.78 is 17.7. The molecule has 4 N–H and O–H groups in total. The number of benzene rings is 1. The van der Waals surface area contributed by atoms with E-state index >= 15 is 0 Å². The van der Waals surface area contributed by atoms with Crippen molar-refractivity contribution in [1.82, 2.24) is 15.8 Å². The molecule has 0 saturated heterocycles. The molecule has 0 amide bonds. The number of nitrogens with one attached hydrogen (secondary N) is 2. The van der Waals surface area contributed by atoms with E-state index in [1.165, 1.54) is 18.2 Å². The van der Waals surface area contributed by atoms with E-state index in [0.29, 0.717) is 5.69 Å². The zero-order chi connectivity index (χ0) is 13.8. The summed E-state index contributed by atoms with van der Waals surface area (Å²) in [4.78, 5) is 3.98. The Hall–Kier alpha value is -2.04. The molecule has 0 fully saturated rings. The van der Waals surface area contributed by atoms with Crippen molar-refractivity contribution >= 4 is 33.3 Å². The van der Waals surface area contributed by atoms with Gasteiger partial charge in [0.05, 0.1) is 10.2 Å². The summed E-state index contributed by atoms with van der Waals surface area (Å²) in [5.74, 6) is -0.726. The van der Waals surface area contributed by atoms with Crippen LogP contribution in [0.3, 0.4) is 0 Å². The van der Waals surface area contributed by atoms with Gasteiger partial charge in [0.2, 0.25) is 5.82 Å². The Morgan fingerprint density at radius 2 is 2.16 bits per heavy atom. The number of hydroxylamine groups is 1. The van der Waals surface area contributed by atoms with Crippen LogP contribution in [0.15, 0.2) is 32.3 Å². The van der Waals surface area contributed by atoms with Crippen molar-refractivity contribution in [3.8, 4) is 0 Å². The highest BCUT2D eigenvalue weighted by Crippen LogP contribution is 2.23. The average Bonchev–Trinajstić information content (AvgIpc) is 2.88. The third-order valence-corrected chi connectivity index (χ3v) is 2.68. The standard InChI is InChI=1S/C9H7BrFN5O3/c10-5-3-4(1-2-6(5)11)12-8(13-17)7-9(14-18)16-19-15-7/h1-3,17-18H,(H,12,13)(H,14,16). The molecule has 10 heteroatoms. The largest absolute Gasteiger partial charge is 0.290 e.